The molecule has 4 rings (SSSR count). The number of hydrogen-bond acceptors (Lipinski definition) is 6. The summed E-state index contributed by atoms with van der Waals surface area (Å²) in [5.41, 5.74) is 1.99. The Kier molecular flexibility index (Phi) is 5.75. The summed E-state index contributed by atoms with van der Waals surface area (Å²) in [7, 11) is -1.80. The maximum atomic E-state index is 13.2. The first-order valence-corrected chi connectivity index (χ1v) is 11.6. The average molecular weight is 431 g/mol. The second kappa shape index (κ2) is 8.31. The summed E-state index contributed by atoms with van der Waals surface area (Å²) < 4.78 is 33.1. The first-order chi connectivity index (χ1) is 14.4. The summed E-state index contributed by atoms with van der Waals surface area (Å²) in [6.07, 6.45) is 4.16. The largest absolute Gasteiger partial charge is 0.497 e. The standard InChI is InChI=1S/C21H26N4O4S/c1-15-11-23-19(12-22-15)21(26)24-9-7-17-14-25(30(27,28)20(17)8-10-24)13-16-3-5-18(29-2)6-4-16/h3-6,11-12,17,20H,7-10,13-14H2,1-2H3/t17-,20-/m1/s1. The van der Waals surface area contributed by atoms with Gasteiger partial charge in [0.15, 0.2) is 0 Å². The highest BCUT2D eigenvalue weighted by Crippen LogP contribution is 2.35. The Labute approximate surface area is 176 Å². The molecular weight excluding hydrogens is 404 g/mol. The normalized spacial score (nSPS) is 23.6. The van der Waals surface area contributed by atoms with Gasteiger partial charge in [-0.1, -0.05) is 12.1 Å². The van der Waals surface area contributed by atoms with E-state index in [1.807, 2.05) is 31.2 Å². The highest BCUT2D eigenvalue weighted by atomic mass is 32.2. The Bertz CT molecular complexity index is 1010. The number of hydrogen-bond donors (Lipinski definition) is 0. The van der Waals surface area contributed by atoms with Crippen molar-refractivity contribution in [3.8, 4) is 5.75 Å². The minimum absolute atomic E-state index is 0.0233. The van der Waals surface area contributed by atoms with Crippen molar-refractivity contribution in [2.45, 2.75) is 31.6 Å². The monoisotopic (exact) mass is 430 g/mol. The molecule has 0 spiro atoms. The predicted octanol–water partition coefficient (Wildman–Crippen LogP) is 1.86. The molecule has 1 amide bonds. The van der Waals surface area contributed by atoms with Gasteiger partial charge in [-0.25, -0.2) is 13.4 Å². The Morgan fingerprint density at radius 3 is 2.53 bits per heavy atom. The number of fused-ring (bicyclic) bond motifs is 1. The Balaban J connectivity index is 1.44. The molecule has 2 aromatic rings. The lowest BCUT2D eigenvalue weighted by molar-refractivity contribution is 0.0752. The molecule has 3 heterocycles. The molecule has 2 fully saturated rings. The number of likely N-dealkylation sites (tertiary alicyclic amines) is 1. The van der Waals surface area contributed by atoms with Crippen LogP contribution in [0.25, 0.3) is 0 Å². The fourth-order valence-electron chi connectivity index (χ4n) is 4.25. The van der Waals surface area contributed by atoms with Crippen molar-refractivity contribution in [2.75, 3.05) is 26.7 Å². The molecule has 30 heavy (non-hydrogen) atoms. The fraction of sp³-hybridized carbons (Fsp3) is 0.476. The van der Waals surface area contributed by atoms with Gasteiger partial charge in [0.05, 0.1) is 24.3 Å². The molecule has 0 N–H and O–H groups in total. The summed E-state index contributed by atoms with van der Waals surface area (Å²) in [6, 6.07) is 7.47. The molecule has 0 saturated carbocycles. The van der Waals surface area contributed by atoms with Gasteiger partial charge in [0.2, 0.25) is 10.0 Å². The number of methoxy groups -OCH3 is 1. The summed E-state index contributed by atoms with van der Waals surface area (Å²) >= 11 is 0. The third-order valence-electron chi connectivity index (χ3n) is 5.96. The molecule has 2 aliphatic rings. The lowest BCUT2D eigenvalue weighted by Gasteiger charge is -2.22. The third-order valence-corrected chi connectivity index (χ3v) is 8.35. The van der Waals surface area contributed by atoms with E-state index in [9.17, 15) is 13.2 Å². The number of carbonyl (C=O) groups excluding carboxylic acids is 1. The van der Waals surface area contributed by atoms with Crippen LogP contribution in [0.5, 0.6) is 5.75 Å². The number of sulfonamides is 1. The second-order valence-electron chi connectivity index (χ2n) is 7.90. The fourth-order valence-corrected chi connectivity index (χ4v) is 6.48. The highest BCUT2D eigenvalue weighted by molar-refractivity contribution is 7.90. The van der Waals surface area contributed by atoms with Crippen molar-refractivity contribution in [1.82, 2.24) is 19.2 Å². The second-order valence-corrected chi connectivity index (χ2v) is 10.0. The lowest BCUT2D eigenvalue weighted by Crippen LogP contribution is -2.35. The third kappa shape index (κ3) is 4.04. The van der Waals surface area contributed by atoms with Crippen LogP contribution in [0.2, 0.25) is 0 Å². The van der Waals surface area contributed by atoms with E-state index in [2.05, 4.69) is 9.97 Å². The lowest BCUT2D eigenvalue weighted by atomic mass is 10.0. The molecular formula is C21H26N4O4S. The van der Waals surface area contributed by atoms with E-state index in [1.54, 1.807) is 22.5 Å². The van der Waals surface area contributed by atoms with Crippen LogP contribution in [0.15, 0.2) is 36.7 Å². The molecule has 9 heteroatoms. The molecule has 2 saturated heterocycles. The number of amides is 1. The summed E-state index contributed by atoms with van der Waals surface area (Å²) in [6.45, 7) is 3.61. The van der Waals surface area contributed by atoms with Crippen molar-refractivity contribution in [2.24, 2.45) is 5.92 Å². The van der Waals surface area contributed by atoms with Gasteiger partial charge < -0.3 is 9.64 Å². The van der Waals surface area contributed by atoms with Gasteiger partial charge in [0, 0.05) is 32.4 Å². The SMILES string of the molecule is COc1ccc(CN2C[C@H]3CCN(C(=O)c4cnc(C)cn4)CC[C@H]3S2(=O)=O)cc1. The number of ether oxygens (including phenoxy) is 1. The molecule has 2 aliphatic heterocycles. The van der Waals surface area contributed by atoms with Crippen LogP contribution in [-0.4, -0.2) is 65.5 Å². The van der Waals surface area contributed by atoms with Gasteiger partial charge in [-0.3, -0.25) is 9.78 Å². The maximum Gasteiger partial charge on any atom is 0.274 e. The molecule has 1 aromatic carbocycles. The van der Waals surface area contributed by atoms with Crippen molar-refractivity contribution in [3.63, 3.8) is 0 Å². The molecule has 0 radical (unpaired) electrons. The molecule has 2 atom stereocenters. The zero-order valence-electron chi connectivity index (χ0n) is 17.2. The molecule has 8 nitrogen and oxygen atoms in total. The minimum Gasteiger partial charge on any atom is -0.497 e. The highest BCUT2D eigenvalue weighted by Gasteiger charge is 2.47. The first-order valence-electron chi connectivity index (χ1n) is 10.1. The van der Waals surface area contributed by atoms with Crippen LogP contribution in [0, 0.1) is 12.8 Å². The van der Waals surface area contributed by atoms with Crippen LogP contribution in [0.1, 0.15) is 34.6 Å². The number of aromatic nitrogens is 2. The van der Waals surface area contributed by atoms with Gasteiger partial charge >= 0.3 is 0 Å². The van der Waals surface area contributed by atoms with Crippen LogP contribution in [0.4, 0.5) is 0 Å². The Morgan fingerprint density at radius 1 is 1.13 bits per heavy atom. The van der Waals surface area contributed by atoms with E-state index >= 15 is 0 Å². The average Bonchev–Trinajstić information content (AvgIpc) is 2.88. The van der Waals surface area contributed by atoms with Crippen molar-refractivity contribution >= 4 is 15.9 Å². The van der Waals surface area contributed by atoms with Crippen LogP contribution in [-0.2, 0) is 16.6 Å². The Hall–Kier alpha value is -2.52. The van der Waals surface area contributed by atoms with E-state index in [-0.39, 0.29) is 11.8 Å². The van der Waals surface area contributed by atoms with Gasteiger partial charge in [-0.05, 0) is 43.4 Å². The van der Waals surface area contributed by atoms with Crippen molar-refractivity contribution in [3.05, 3.63) is 53.6 Å². The van der Waals surface area contributed by atoms with E-state index in [4.69, 9.17) is 4.74 Å². The number of rotatable bonds is 4. The van der Waals surface area contributed by atoms with E-state index < -0.39 is 15.3 Å². The summed E-state index contributed by atoms with van der Waals surface area (Å²) in [5, 5.41) is -0.447. The number of benzene rings is 1. The van der Waals surface area contributed by atoms with E-state index in [0.717, 1.165) is 17.0 Å². The smallest absolute Gasteiger partial charge is 0.274 e. The summed E-state index contributed by atoms with van der Waals surface area (Å²) in [4.78, 5) is 22.8. The number of aryl methyl sites for hydroxylation is 1. The predicted molar refractivity (Wildman–Crippen MR) is 112 cm³/mol. The van der Waals surface area contributed by atoms with Gasteiger partial charge in [-0.15, -0.1) is 0 Å². The topological polar surface area (TPSA) is 92.7 Å². The first kappa shape index (κ1) is 20.7. The molecule has 0 unspecified atom stereocenters. The maximum absolute atomic E-state index is 13.2. The zero-order valence-corrected chi connectivity index (χ0v) is 18.0. The molecule has 0 aliphatic carbocycles. The van der Waals surface area contributed by atoms with Crippen LogP contribution < -0.4 is 4.74 Å². The van der Waals surface area contributed by atoms with Gasteiger partial charge in [0.25, 0.3) is 5.91 Å². The minimum atomic E-state index is -3.41. The summed E-state index contributed by atoms with van der Waals surface area (Å²) in [5.74, 6) is 0.585. The van der Waals surface area contributed by atoms with Crippen LogP contribution >= 0.6 is 0 Å². The number of nitrogens with zero attached hydrogens (tertiary/aromatic N) is 4. The quantitative estimate of drug-likeness (QED) is 0.735. The Morgan fingerprint density at radius 2 is 1.87 bits per heavy atom. The van der Waals surface area contributed by atoms with Crippen molar-refractivity contribution < 1.29 is 17.9 Å². The van der Waals surface area contributed by atoms with Gasteiger partial charge in [0.1, 0.15) is 11.4 Å². The molecule has 1 aromatic heterocycles. The van der Waals surface area contributed by atoms with E-state index in [0.29, 0.717) is 44.7 Å². The zero-order chi connectivity index (χ0) is 21.3. The van der Waals surface area contributed by atoms with E-state index in [1.165, 1.54) is 6.20 Å². The molecule has 160 valence electrons. The van der Waals surface area contributed by atoms with Gasteiger partial charge in [-0.2, -0.15) is 4.31 Å². The number of carbonyl (C=O) groups is 1. The van der Waals surface area contributed by atoms with Crippen molar-refractivity contribution in [1.29, 1.82) is 0 Å². The van der Waals surface area contributed by atoms with Crippen LogP contribution in [0.3, 0.4) is 0 Å². The molecule has 0 bridgehead atoms.